The van der Waals surface area contributed by atoms with E-state index in [4.69, 9.17) is 5.11 Å². The number of carboxylic acid groups (broad SMARTS) is 1. The van der Waals surface area contributed by atoms with Crippen molar-refractivity contribution in [3.8, 4) is 0 Å². The zero-order valence-corrected chi connectivity index (χ0v) is 12.9. The molecule has 1 atom stereocenters. The van der Waals surface area contributed by atoms with Crippen LogP contribution in [0, 0.1) is 5.41 Å². The highest BCUT2D eigenvalue weighted by atomic mass is 16.4. The monoisotopic (exact) mass is 297 g/mol. The Morgan fingerprint density at radius 2 is 1.86 bits per heavy atom. The van der Waals surface area contributed by atoms with Crippen LogP contribution in [-0.2, 0) is 4.79 Å². The molecule has 0 aromatic carbocycles. The van der Waals surface area contributed by atoms with Gasteiger partial charge >= 0.3 is 12.0 Å². The molecule has 120 valence electrons. The number of aliphatic carboxylic acids is 1. The molecule has 2 amide bonds. The van der Waals surface area contributed by atoms with Crippen LogP contribution >= 0.6 is 0 Å². The zero-order chi connectivity index (χ0) is 15.3. The Labute approximate surface area is 126 Å². The molecule has 1 heterocycles. The number of rotatable bonds is 7. The number of likely N-dealkylation sites (tertiary alicyclic amines) is 1. The largest absolute Gasteiger partial charge is 0.481 e. The Balaban J connectivity index is 1.66. The number of carbonyl (C=O) groups excluding carboxylic acids is 1. The zero-order valence-electron chi connectivity index (χ0n) is 12.9. The molecule has 6 nitrogen and oxygen atoms in total. The highest BCUT2D eigenvalue weighted by Crippen LogP contribution is 2.43. The molecule has 0 spiro atoms. The van der Waals surface area contributed by atoms with Gasteiger partial charge in [-0.1, -0.05) is 6.42 Å². The summed E-state index contributed by atoms with van der Waals surface area (Å²) in [5, 5.41) is 14.7. The van der Waals surface area contributed by atoms with Crippen LogP contribution in [0.25, 0.3) is 0 Å². The van der Waals surface area contributed by atoms with E-state index in [2.05, 4.69) is 22.5 Å². The van der Waals surface area contributed by atoms with E-state index in [0.29, 0.717) is 19.1 Å². The minimum atomic E-state index is -0.778. The minimum absolute atomic E-state index is 0.150. The first-order valence-electron chi connectivity index (χ1n) is 7.98. The van der Waals surface area contributed by atoms with Gasteiger partial charge in [-0.3, -0.25) is 9.69 Å². The van der Waals surface area contributed by atoms with Gasteiger partial charge in [0.25, 0.3) is 0 Å². The number of urea groups is 1. The normalized spacial score (nSPS) is 22.3. The van der Waals surface area contributed by atoms with Gasteiger partial charge in [0, 0.05) is 19.1 Å². The Morgan fingerprint density at radius 3 is 2.38 bits per heavy atom. The number of hydrogen-bond acceptors (Lipinski definition) is 3. The summed E-state index contributed by atoms with van der Waals surface area (Å²) >= 11 is 0. The molecule has 0 radical (unpaired) electrons. The first-order chi connectivity index (χ1) is 10.0. The molecule has 0 bridgehead atoms. The molecule has 2 aliphatic rings. The molecule has 1 saturated heterocycles. The van der Waals surface area contributed by atoms with Gasteiger partial charge in [-0.15, -0.1) is 0 Å². The first-order valence-corrected chi connectivity index (χ1v) is 7.98. The van der Waals surface area contributed by atoms with Gasteiger partial charge in [-0.2, -0.15) is 0 Å². The van der Waals surface area contributed by atoms with Gasteiger partial charge in [0.1, 0.15) is 0 Å². The highest BCUT2D eigenvalue weighted by Gasteiger charge is 2.39. The second kappa shape index (κ2) is 7.11. The van der Waals surface area contributed by atoms with Crippen molar-refractivity contribution in [2.75, 3.05) is 26.2 Å². The van der Waals surface area contributed by atoms with Crippen molar-refractivity contribution in [1.82, 2.24) is 15.5 Å². The van der Waals surface area contributed by atoms with E-state index in [1.165, 1.54) is 12.8 Å². The van der Waals surface area contributed by atoms with Gasteiger partial charge < -0.3 is 15.7 Å². The van der Waals surface area contributed by atoms with E-state index in [-0.39, 0.29) is 17.9 Å². The van der Waals surface area contributed by atoms with Crippen LogP contribution in [0.2, 0.25) is 0 Å². The average Bonchev–Trinajstić information content (AvgIpc) is 2.92. The summed E-state index contributed by atoms with van der Waals surface area (Å²) < 4.78 is 0. The van der Waals surface area contributed by atoms with Gasteiger partial charge in [-0.05, 0) is 51.1 Å². The molecule has 2 rings (SSSR count). The highest BCUT2D eigenvalue weighted by molar-refractivity contribution is 5.74. The molecule has 1 aliphatic heterocycles. The second-order valence-electron chi connectivity index (χ2n) is 6.58. The first kappa shape index (κ1) is 16.1. The van der Waals surface area contributed by atoms with Crippen LogP contribution in [0.3, 0.4) is 0 Å². The van der Waals surface area contributed by atoms with E-state index in [0.717, 1.165) is 32.4 Å². The van der Waals surface area contributed by atoms with E-state index < -0.39 is 5.97 Å². The fourth-order valence-corrected chi connectivity index (χ4v) is 3.30. The summed E-state index contributed by atoms with van der Waals surface area (Å²) in [6.07, 6.45) is 5.48. The molecular weight excluding hydrogens is 270 g/mol. The number of hydrogen-bond donors (Lipinski definition) is 3. The van der Waals surface area contributed by atoms with Crippen molar-refractivity contribution < 1.29 is 14.7 Å². The molecule has 1 aliphatic carbocycles. The third kappa shape index (κ3) is 4.59. The lowest BCUT2D eigenvalue weighted by Crippen LogP contribution is -2.49. The van der Waals surface area contributed by atoms with Gasteiger partial charge in [0.15, 0.2) is 0 Å². The molecule has 3 N–H and O–H groups in total. The maximum atomic E-state index is 11.8. The van der Waals surface area contributed by atoms with E-state index in [1.807, 2.05) is 0 Å². The van der Waals surface area contributed by atoms with Crippen LogP contribution in [0.4, 0.5) is 4.79 Å². The maximum absolute atomic E-state index is 11.8. The van der Waals surface area contributed by atoms with Gasteiger partial charge in [0.05, 0.1) is 6.42 Å². The number of carboxylic acids is 1. The molecule has 6 heteroatoms. The van der Waals surface area contributed by atoms with Crippen LogP contribution in [0.15, 0.2) is 0 Å². The van der Waals surface area contributed by atoms with E-state index in [1.54, 1.807) is 0 Å². The molecule has 21 heavy (non-hydrogen) atoms. The Morgan fingerprint density at radius 1 is 1.19 bits per heavy atom. The fraction of sp³-hybridized carbons (Fsp3) is 0.867. The molecule has 1 saturated carbocycles. The summed E-state index contributed by atoms with van der Waals surface area (Å²) in [6.45, 7) is 5.46. The second-order valence-corrected chi connectivity index (χ2v) is 6.58. The smallest absolute Gasteiger partial charge is 0.314 e. The molecule has 0 aromatic heterocycles. The predicted octanol–water partition coefficient (Wildman–Crippen LogP) is 1.41. The third-order valence-corrected chi connectivity index (χ3v) is 4.89. The Bertz CT molecular complexity index is 376. The molecule has 0 aromatic rings. The van der Waals surface area contributed by atoms with Crippen molar-refractivity contribution >= 4 is 12.0 Å². The summed E-state index contributed by atoms with van der Waals surface area (Å²) in [6, 6.07) is 0.174. The van der Waals surface area contributed by atoms with E-state index in [9.17, 15) is 9.59 Å². The lowest BCUT2D eigenvalue weighted by molar-refractivity contribution is -0.141. The average molecular weight is 297 g/mol. The molecule has 1 unspecified atom stereocenters. The van der Waals surface area contributed by atoms with Crippen LogP contribution < -0.4 is 10.6 Å². The Hall–Kier alpha value is -1.30. The summed E-state index contributed by atoms with van der Waals surface area (Å²) in [4.78, 5) is 25.1. The number of carbonyl (C=O) groups is 2. The molecule has 2 fully saturated rings. The minimum Gasteiger partial charge on any atom is -0.481 e. The van der Waals surface area contributed by atoms with Gasteiger partial charge in [-0.25, -0.2) is 4.79 Å². The lowest BCUT2D eigenvalue weighted by atomic mass is 9.66. The van der Waals surface area contributed by atoms with Crippen molar-refractivity contribution in [3.05, 3.63) is 0 Å². The number of amides is 2. The number of nitrogens with zero attached hydrogens (tertiary/aromatic N) is 1. The predicted molar refractivity (Wildman–Crippen MR) is 80.2 cm³/mol. The van der Waals surface area contributed by atoms with Crippen LogP contribution in [0.5, 0.6) is 0 Å². The van der Waals surface area contributed by atoms with Gasteiger partial charge in [0.2, 0.25) is 0 Å². The van der Waals surface area contributed by atoms with Crippen molar-refractivity contribution in [3.63, 3.8) is 0 Å². The topological polar surface area (TPSA) is 81.7 Å². The standard InChI is InChI=1S/C15H27N3O3/c1-12(18-7-2-3-8-18)10-16-14(21)17-11-15(5-4-6-15)9-13(19)20/h12H,2-11H2,1H3,(H,19,20)(H2,16,17,21). The van der Waals surface area contributed by atoms with Crippen molar-refractivity contribution in [1.29, 1.82) is 0 Å². The van der Waals surface area contributed by atoms with Crippen LogP contribution in [0.1, 0.15) is 45.4 Å². The lowest BCUT2D eigenvalue weighted by Gasteiger charge is -2.40. The SMILES string of the molecule is CC(CNC(=O)NCC1(CC(=O)O)CCC1)N1CCCC1. The summed E-state index contributed by atoms with van der Waals surface area (Å²) in [5.74, 6) is -0.778. The summed E-state index contributed by atoms with van der Waals surface area (Å²) in [7, 11) is 0. The Kier molecular flexibility index (Phi) is 5.45. The van der Waals surface area contributed by atoms with E-state index >= 15 is 0 Å². The summed E-state index contributed by atoms with van der Waals surface area (Å²) in [5.41, 5.74) is -0.219. The quantitative estimate of drug-likeness (QED) is 0.664. The fourth-order valence-electron chi connectivity index (χ4n) is 3.30. The van der Waals surface area contributed by atoms with Crippen LogP contribution in [-0.4, -0.2) is 54.2 Å². The third-order valence-electron chi connectivity index (χ3n) is 4.89. The van der Waals surface area contributed by atoms with Crippen molar-refractivity contribution in [2.24, 2.45) is 5.41 Å². The number of nitrogens with one attached hydrogen (secondary N) is 2. The van der Waals surface area contributed by atoms with Crippen molar-refractivity contribution in [2.45, 2.75) is 51.5 Å². The molecular formula is C15H27N3O3. The maximum Gasteiger partial charge on any atom is 0.314 e.